The number of phenols is 1. The van der Waals surface area contributed by atoms with E-state index in [1.165, 1.54) is 13.0 Å². The Morgan fingerprint density at radius 2 is 2.04 bits per heavy atom. The lowest BCUT2D eigenvalue weighted by atomic mass is 9.91. The van der Waals surface area contributed by atoms with E-state index in [9.17, 15) is 29.5 Å². The van der Waals surface area contributed by atoms with E-state index >= 15 is 0 Å². The topological polar surface area (TPSA) is 212 Å². The number of carboxylic acid groups (broad SMARTS) is 1. The zero-order valence-electron chi connectivity index (χ0n) is 14.1. The Morgan fingerprint density at radius 3 is 2.44 bits per heavy atom. The van der Waals surface area contributed by atoms with Crippen LogP contribution in [0.5, 0.6) is 11.5 Å². The minimum absolute atomic E-state index is 0.120. The van der Waals surface area contributed by atoms with Crippen LogP contribution in [0.15, 0.2) is 18.2 Å². The number of benzene rings is 1. The molecule has 0 heterocycles. The number of carbonyl (C=O) groups is 2. The first-order valence-electron chi connectivity index (χ1n) is 7.62. The molecule has 2 rings (SSSR count). The van der Waals surface area contributed by atoms with Crippen molar-refractivity contribution in [3.8, 4) is 11.5 Å². The summed E-state index contributed by atoms with van der Waals surface area (Å²) in [6.07, 6.45) is -1.47. The highest BCUT2D eigenvalue weighted by molar-refractivity contribution is 7.46. The van der Waals surface area contributed by atoms with Crippen molar-refractivity contribution in [2.24, 2.45) is 5.84 Å². The molecule has 0 radical (unpaired) electrons. The van der Waals surface area contributed by atoms with Gasteiger partial charge in [0.15, 0.2) is 17.0 Å². The number of hydrogen-bond donors (Lipinski definition) is 8. The van der Waals surface area contributed by atoms with Crippen molar-refractivity contribution in [2.75, 3.05) is 0 Å². The third-order valence-corrected chi connectivity index (χ3v) is 4.69. The molecule has 0 saturated heterocycles. The van der Waals surface area contributed by atoms with Gasteiger partial charge in [0.25, 0.3) is 0 Å². The van der Waals surface area contributed by atoms with Crippen molar-refractivity contribution >= 4 is 19.7 Å². The predicted octanol–water partition coefficient (Wildman–Crippen LogP) is -1.67. The van der Waals surface area contributed by atoms with Crippen molar-refractivity contribution < 1.29 is 43.8 Å². The molecule has 13 heteroatoms. The molecule has 1 aromatic carbocycles. The largest absolute Gasteiger partial charge is 0.524 e. The lowest BCUT2D eigenvalue weighted by Gasteiger charge is -2.29. The average molecular weight is 405 g/mol. The number of carbonyl (C=O) groups excluding carboxylic acids is 1. The van der Waals surface area contributed by atoms with Gasteiger partial charge in [0.05, 0.1) is 6.10 Å². The first kappa shape index (κ1) is 21.1. The molecule has 1 aliphatic rings. The summed E-state index contributed by atoms with van der Waals surface area (Å²) in [6, 6.07) is 3.56. The number of phenolic OH excluding ortho intramolecular Hbond substituents is 1. The number of phosphoric acid groups is 1. The van der Waals surface area contributed by atoms with Gasteiger partial charge in [-0.15, -0.1) is 0 Å². The molecule has 1 amide bonds. The Bertz CT molecular complexity index is 813. The van der Waals surface area contributed by atoms with E-state index in [-0.39, 0.29) is 12.8 Å². The molecule has 1 aromatic rings. The van der Waals surface area contributed by atoms with Crippen LogP contribution in [0.1, 0.15) is 18.9 Å². The molecule has 0 bridgehead atoms. The average Bonchev–Trinajstić information content (AvgIpc) is 3.20. The molecule has 0 spiro atoms. The van der Waals surface area contributed by atoms with Crippen LogP contribution >= 0.6 is 7.82 Å². The van der Waals surface area contributed by atoms with Crippen molar-refractivity contribution in [2.45, 2.75) is 36.9 Å². The van der Waals surface area contributed by atoms with Crippen molar-refractivity contribution in [3.63, 3.8) is 0 Å². The Kier molecular flexibility index (Phi) is 5.53. The van der Waals surface area contributed by atoms with Crippen LogP contribution < -0.4 is 21.1 Å². The first-order valence-corrected chi connectivity index (χ1v) is 9.15. The highest BCUT2D eigenvalue weighted by Gasteiger charge is 2.62. The number of aromatic hydroxyl groups is 1. The molecular weight excluding hydrogens is 385 g/mol. The van der Waals surface area contributed by atoms with E-state index in [0.29, 0.717) is 5.56 Å². The van der Waals surface area contributed by atoms with E-state index < -0.39 is 48.4 Å². The summed E-state index contributed by atoms with van der Waals surface area (Å²) in [5, 5.41) is 30.8. The van der Waals surface area contributed by atoms with Gasteiger partial charge in [-0.2, -0.15) is 0 Å². The first-order chi connectivity index (χ1) is 12.3. The number of aliphatic carboxylic acids is 1. The summed E-state index contributed by atoms with van der Waals surface area (Å²) in [4.78, 5) is 41.3. The van der Waals surface area contributed by atoms with Crippen LogP contribution in [0.4, 0.5) is 0 Å². The highest BCUT2D eigenvalue weighted by Crippen LogP contribution is 2.42. The molecular formula is C14H20N3O9P. The van der Waals surface area contributed by atoms with E-state index in [4.69, 9.17) is 15.6 Å². The lowest BCUT2D eigenvalue weighted by molar-refractivity contribution is -0.145. The third-order valence-electron chi connectivity index (χ3n) is 4.26. The minimum Gasteiger partial charge on any atom is -0.504 e. The van der Waals surface area contributed by atoms with Crippen LogP contribution in [0.2, 0.25) is 0 Å². The SMILES string of the molecule is C[C@@](Cc1ccc(OP(=O)(O)O)c(O)c1)(NN)C(=O)NC1(C(=O)O)CC1O. The second kappa shape index (κ2) is 7.08. The highest BCUT2D eigenvalue weighted by atomic mass is 31.2. The third kappa shape index (κ3) is 4.56. The number of nitrogens with one attached hydrogen (secondary N) is 2. The summed E-state index contributed by atoms with van der Waals surface area (Å²) in [5.41, 5.74) is -0.662. The molecule has 0 aliphatic heterocycles. The van der Waals surface area contributed by atoms with E-state index in [2.05, 4.69) is 15.3 Å². The van der Waals surface area contributed by atoms with Gasteiger partial charge >= 0.3 is 13.8 Å². The van der Waals surface area contributed by atoms with Gasteiger partial charge in [-0.3, -0.25) is 20.4 Å². The molecule has 1 saturated carbocycles. The number of aliphatic hydroxyl groups excluding tert-OH is 1. The standard InChI is InChI=1S/C14H20N3O9P/c1-13(17-15,11(20)16-14(12(21)22)6-10(14)19)5-7-2-3-9(8(18)4-7)26-27(23,24)25/h2-4,10,17-19H,5-6,15H2,1H3,(H,16,20)(H,21,22)(H2,23,24,25)/t10?,13-,14?/m0/s1. The smallest absolute Gasteiger partial charge is 0.504 e. The van der Waals surface area contributed by atoms with Gasteiger partial charge in [0, 0.05) is 12.8 Å². The predicted molar refractivity (Wildman–Crippen MR) is 89.3 cm³/mol. The minimum atomic E-state index is -4.86. The fourth-order valence-corrected chi connectivity index (χ4v) is 2.90. The molecule has 1 fully saturated rings. The Hall–Kier alpha value is -2.21. The zero-order chi connectivity index (χ0) is 20.6. The summed E-state index contributed by atoms with van der Waals surface area (Å²) in [7, 11) is -4.86. The molecule has 1 aliphatic carbocycles. The van der Waals surface area contributed by atoms with E-state index in [1.807, 2.05) is 0 Å². The Labute approximate surface area is 153 Å². The van der Waals surface area contributed by atoms with E-state index in [0.717, 1.165) is 12.1 Å². The molecule has 12 nitrogen and oxygen atoms in total. The Morgan fingerprint density at radius 1 is 1.44 bits per heavy atom. The summed E-state index contributed by atoms with van der Waals surface area (Å²) in [5.74, 6) is 2.25. The number of aliphatic hydroxyl groups is 1. The van der Waals surface area contributed by atoms with Crippen molar-refractivity contribution in [3.05, 3.63) is 23.8 Å². The number of nitrogens with two attached hydrogens (primary N) is 1. The molecule has 9 N–H and O–H groups in total. The fraction of sp³-hybridized carbons (Fsp3) is 0.429. The van der Waals surface area contributed by atoms with Gasteiger partial charge in [0.1, 0.15) is 5.54 Å². The monoisotopic (exact) mass is 405 g/mol. The van der Waals surface area contributed by atoms with Crippen LogP contribution in [-0.4, -0.2) is 54.2 Å². The van der Waals surface area contributed by atoms with Crippen molar-refractivity contribution in [1.82, 2.24) is 10.7 Å². The number of hydrazine groups is 1. The van der Waals surface area contributed by atoms with Crippen LogP contribution in [0.3, 0.4) is 0 Å². The molecule has 27 heavy (non-hydrogen) atoms. The maximum atomic E-state index is 12.5. The Balaban J connectivity index is 2.17. The molecule has 150 valence electrons. The van der Waals surface area contributed by atoms with Gasteiger partial charge in [0.2, 0.25) is 5.91 Å². The lowest BCUT2D eigenvalue weighted by Crippen LogP contribution is -2.62. The van der Waals surface area contributed by atoms with E-state index in [1.54, 1.807) is 0 Å². The number of amides is 1. The number of carboxylic acids is 1. The zero-order valence-corrected chi connectivity index (χ0v) is 15.0. The van der Waals surface area contributed by atoms with Crippen LogP contribution in [0.25, 0.3) is 0 Å². The van der Waals surface area contributed by atoms with Gasteiger partial charge < -0.3 is 25.2 Å². The summed E-state index contributed by atoms with van der Waals surface area (Å²) < 4.78 is 15.1. The molecule has 2 unspecified atom stereocenters. The fourth-order valence-electron chi connectivity index (χ4n) is 2.49. The number of rotatable bonds is 8. The maximum absolute atomic E-state index is 12.5. The maximum Gasteiger partial charge on any atom is 0.524 e. The summed E-state index contributed by atoms with van der Waals surface area (Å²) >= 11 is 0. The second-order valence-corrected chi connectivity index (χ2v) is 7.65. The number of hydrogen-bond acceptors (Lipinski definition) is 8. The van der Waals surface area contributed by atoms with Crippen molar-refractivity contribution in [1.29, 1.82) is 0 Å². The van der Waals surface area contributed by atoms with Gasteiger partial charge in [-0.1, -0.05) is 6.07 Å². The van der Waals surface area contributed by atoms with Crippen LogP contribution in [-0.2, 0) is 20.6 Å². The van der Waals surface area contributed by atoms with Crippen LogP contribution in [0, 0.1) is 0 Å². The number of phosphoric ester groups is 1. The van der Waals surface area contributed by atoms with Gasteiger partial charge in [-0.05, 0) is 24.6 Å². The normalized spacial score (nSPS) is 24.0. The molecule has 0 aromatic heterocycles. The molecule has 3 atom stereocenters. The second-order valence-electron chi connectivity index (χ2n) is 6.49. The van der Waals surface area contributed by atoms with Gasteiger partial charge in [-0.25, -0.2) is 14.8 Å². The quantitative estimate of drug-likeness (QED) is 0.139. The summed E-state index contributed by atoms with van der Waals surface area (Å²) in [6.45, 7) is 1.38.